The molecule has 1 aromatic heterocycles. The van der Waals surface area contributed by atoms with E-state index in [1.165, 1.54) is 6.07 Å². The number of carbonyl (C=O) groups excluding carboxylic acids is 1. The predicted octanol–water partition coefficient (Wildman–Crippen LogP) is 4.29. The van der Waals surface area contributed by atoms with E-state index in [1.807, 2.05) is 22.9 Å². The number of aromatic nitrogens is 1. The van der Waals surface area contributed by atoms with E-state index in [0.717, 1.165) is 17.2 Å². The van der Waals surface area contributed by atoms with Crippen molar-refractivity contribution in [2.75, 3.05) is 0 Å². The quantitative estimate of drug-likeness (QED) is 0.659. The van der Waals surface area contributed by atoms with Crippen LogP contribution in [-0.4, -0.2) is 10.9 Å². The summed E-state index contributed by atoms with van der Waals surface area (Å²) in [5.41, 5.74) is 2.07. The van der Waals surface area contributed by atoms with Gasteiger partial charge in [-0.2, -0.15) is 0 Å². The number of halogens is 2. The van der Waals surface area contributed by atoms with Crippen LogP contribution in [-0.2, 0) is 6.54 Å². The Bertz CT molecular complexity index is 794. The molecule has 3 aromatic rings. The highest BCUT2D eigenvalue weighted by atomic mass is 35.5. The molecule has 0 aliphatic carbocycles. The third kappa shape index (κ3) is 2.32. The maximum Gasteiger partial charge on any atom is 0.150 e. The summed E-state index contributed by atoms with van der Waals surface area (Å²) < 4.78 is 15.7. The Balaban J connectivity index is 2.04. The minimum absolute atomic E-state index is 0.328. The fourth-order valence-corrected chi connectivity index (χ4v) is 2.40. The van der Waals surface area contributed by atoms with Crippen LogP contribution in [0.5, 0.6) is 0 Å². The van der Waals surface area contributed by atoms with Gasteiger partial charge in [-0.15, -0.1) is 0 Å². The molecule has 0 spiro atoms. The van der Waals surface area contributed by atoms with Crippen LogP contribution in [0.4, 0.5) is 4.39 Å². The summed E-state index contributed by atoms with van der Waals surface area (Å²) in [5.74, 6) is -0.328. The van der Waals surface area contributed by atoms with Gasteiger partial charge in [0.05, 0.1) is 6.54 Å². The summed E-state index contributed by atoms with van der Waals surface area (Å²) in [5, 5.41) is 1.40. The normalized spacial score (nSPS) is 10.9. The van der Waals surface area contributed by atoms with Gasteiger partial charge >= 0.3 is 0 Å². The Morgan fingerprint density at radius 1 is 1.15 bits per heavy atom. The molecule has 0 bridgehead atoms. The van der Waals surface area contributed by atoms with Gasteiger partial charge in [-0.25, -0.2) is 4.39 Å². The summed E-state index contributed by atoms with van der Waals surface area (Å²) in [6.45, 7) is 0.398. The number of benzene rings is 2. The molecule has 0 aliphatic heterocycles. The zero-order chi connectivity index (χ0) is 14.1. The summed E-state index contributed by atoms with van der Waals surface area (Å²) in [7, 11) is 0. The fourth-order valence-electron chi connectivity index (χ4n) is 2.25. The molecule has 1 heterocycles. The topological polar surface area (TPSA) is 22.0 Å². The highest BCUT2D eigenvalue weighted by molar-refractivity contribution is 6.30. The standard InChI is InChI=1S/C16H11ClFNO/c17-14-4-3-13(15(18)8-14)9-19-6-5-12-2-1-11(10-20)7-16(12)19/h1-8,10H,9H2. The molecule has 2 nitrogen and oxygen atoms in total. The molecule has 3 rings (SSSR count). The van der Waals surface area contributed by atoms with Crippen LogP contribution in [0.25, 0.3) is 10.9 Å². The van der Waals surface area contributed by atoms with E-state index in [0.29, 0.717) is 22.7 Å². The largest absolute Gasteiger partial charge is 0.343 e. The zero-order valence-corrected chi connectivity index (χ0v) is 11.3. The van der Waals surface area contributed by atoms with E-state index in [4.69, 9.17) is 11.6 Å². The molecule has 0 unspecified atom stereocenters. The van der Waals surface area contributed by atoms with E-state index in [9.17, 15) is 9.18 Å². The predicted molar refractivity (Wildman–Crippen MR) is 77.8 cm³/mol. The molecular formula is C16H11ClFNO. The first-order valence-electron chi connectivity index (χ1n) is 6.15. The molecule has 0 radical (unpaired) electrons. The number of fused-ring (bicyclic) bond motifs is 1. The lowest BCUT2D eigenvalue weighted by Gasteiger charge is -2.07. The second-order valence-electron chi connectivity index (χ2n) is 4.62. The van der Waals surface area contributed by atoms with Crippen molar-refractivity contribution in [2.24, 2.45) is 0 Å². The zero-order valence-electron chi connectivity index (χ0n) is 10.5. The lowest BCUT2D eigenvalue weighted by Crippen LogP contribution is -2.00. The van der Waals surface area contributed by atoms with Crippen molar-refractivity contribution < 1.29 is 9.18 Å². The van der Waals surface area contributed by atoms with Gasteiger partial charge in [-0.3, -0.25) is 4.79 Å². The Kier molecular flexibility index (Phi) is 3.28. The van der Waals surface area contributed by atoms with Crippen molar-refractivity contribution in [3.63, 3.8) is 0 Å². The van der Waals surface area contributed by atoms with E-state index < -0.39 is 0 Å². The number of aldehydes is 1. The molecule has 20 heavy (non-hydrogen) atoms. The average molecular weight is 288 g/mol. The van der Waals surface area contributed by atoms with Gasteiger partial charge in [0, 0.05) is 27.9 Å². The second kappa shape index (κ2) is 5.10. The molecule has 0 N–H and O–H groups in total. The Morgan fingerprint density at radius 3 is 2.75 bits per heavy atom. The van der Waals surface area contributed by atoms with Crippen LogP contribution >= 0.6 is 11.6 Å². The summed E-state index contributed by atoms with van der Waals surface area (Å²) in [4.78, 5) is 10.8. The van der Waals surface area contributed by atoms with Crippen LogP contribution in [0, 0.1) is 5.82 Å². The van der Waals surface area contributed by atoms with Gasteiger partial charge in [-0.1, -0.05) is 29.8 Å². The summed E-state index contributed by atoms with van der Waals surface area (Å²) in [6, 6.07) is 12.0. The van der Waals surface area contributed by atoms with Gasteiger partial charge in [-0.05, 0) is 29.7 Å². The number of hydrogen-bond acceptors (Lipinski definition) is 1. The SMILES string of the molecule is O=Cc1ccc2ccn(Cc3ccc(Cl)cc3F)c2c1. The highest BCUT2D eigenvalue weighted by Crippen LogP contribution is 2.21. The fraction of sp³-hybridized carbons (Fsp3) is 0.0625. The monoisotopic (exact) mass is 287 g/mol. The van der Waals surface area contributed by atoms with Gasteiger partial charge in [0.25, 0.3) is 0 Å². The van der Waals surface area contributed by atoms with E-state index in [1.54, 1.807) is 24.3 Å². The first-order chi connectivity index (χ1) is 9.67. The third-order valence-electron chi connectivity index (χ3n) is 3.29. The van der Waals surface area contributed by atoms with Crippen molar-refractivity contribution in [1.82, 2.24) is 4.57 Å². The van der Waals surface area contributed by atoms with Crippen molar-refractivity contribution in [2.45, 2.75) is 6.54 Å². The van der Waals surface area contributed by atoms with Crippen molar-refractivity contribution in [1.29, 1.82) is 0 Å². The molecule has 0 saturated heterocycles. The second-order valence-corrected chi connectivity index (χ2v) is 5.05. The number of carbonyl (C=O) groups is 1. The molecule has 100 valence electrons. The minimum atomic E-state index is -0.328. The molecule has 0 atom stereocenters. The summed E-state index contributed by atoms with van der Waals surface area (Å²) in [6.07, 6.45) is 2.69. The number of hydrogen-bond donors (Lipinski definition) is 0. The number of nitrogens with zero attached hydrogens (tertiary/aromatic N) is 1. The average Bonchev–Trinajstić information content (AvgIpc) is 2.84. The molecular weight excluding hydrogens is 277 g/mol. The maximum absolute atomic E-state index is 13.8. The van der Waals surface area contributed by atoms with Crippen molar-refractivity contribution >= 4 is 28.8 Å². The molecule has 0 fully saturated rings. The maximum atomic E-state index is 13.8. The van der Waals surface area contributed by atoms with E-state index >= 15 is 0 Å². The third-order valence-corrected chi connectivity index (χ3v) is 3.52. The lowest BCUT2D eigenvalue weighted by molar-refractivity contribution is 0.112. The Labute approximate surface area is 120 Å². The minimum Gasteiger partial charge on any atom is -0.343 e. The molecule has 4 heteroatoms. The van der Waals surface area contributed by atoms with Gasteiger partial charge < -0.3 is 4.57 Å². The van der Waals surface area contributed by atoms with Gasteiger partial charge in [0.15, 0.2) is 0 Å². The first-order valence-corrected chi connectivity index (χ1v) is 6.53. The van der Waals surface area contributed by atoms with Crippen molar-refractivity contribution in [3.8, 4) is 0 Å². The van der Waals surface area contributed by atoms with Crippen molar-refractivity contribution in [3.05, 3.63) is 70.6 Å². The van der Waals surface area contributed by atoms with Crippen LogP contribution in [0.3, 0.4) is 0 Å². The van der Waals surface area contributed by atoms with E-state index in [2.05, 4.69) is 0 Å². The van der Waals surface area contributed by atoms with E-state index in [-0.39, 0.29) is 5.82 Å². The highest BCUT2D eigenvalue weighted by Gasteiger charge is 2.07. The van der Waals surface area contributed by atoms with Crippen LogP contribution < -0.4 is 0 Å². The summed E-state index contributed by atoms with van der Waals surface area (Å²) >= 11 is 5.75. The van der Waals surface area contributed by atoms with Gasteiger partial charge in [0.2, 0.25) is 0 Å². The number of rotatable bonds is 3. The molecule has 0 amide bonds. The molecule has 0 aliphatic rings. The lowest BCUT2D eigenvalue weighted by atomic mass is 10.1. The smallest absolute Gasteiger partial charge is 0.150 e. The van der Waals surface area contributed by atoms with Crippen LogP contribution in [0.15, 0.2) is 48.7 Å². The van der Waals surface area contributed by atoms with Gasteiger partial charge in [0.1, 0.15) is 12.1 Å². The van der Waals surface area contributed by atoms with Crippen LogP contribution in [0.1, 0.15) is 15.9 Å². The molecule has 2 aromatic carbocycles. The van der Waals surface area contributed by atoms with Crippen LogP contribution in [0.2, 0.25) is 5.02 Å². The Hall–Kier alpha value is -2.13. The first kappa shape index (κ1) is 12.9. The molecule has 0 saturated carbocycles. The Morgan fingerprint density at radius 2 is 2.00 bits per heavy atom.